The molecule has 30 heavy (non-hydrogen) atoms. The molecular formula is C22H30N4O4. The number of fused-ring (bicyclic) bond motifs is 1. The summed E-state index contributed by atoms with van der Waals surface area (Å²) in [5.74, 6) is 1.41. The van der Waals surface area contributed by atoms with Crippen LogP contribution in [0.15, 0.2) is 24.4 Å². The van der Waals surface area contributed by atoms with Crippen LogP contribution in [0.3, 0.4) is 0 Å². The van der Waals surface area contributed by atoms with E-state index in [0.717, 1.165) is 37.3 Å². The van der Waals surface area contributed by atoms with Gasteiger partial charge in [-0.05, 0) is 30.9 Å². The lowest BCUT2D eigenvalue weighted by molar-refractivity contribution is -0.124. The van der Waals surface area contributed by atoms with E-state index in [1.54, 1.807) is 18.2 Å². The summed E-state index contributed by atoms with van der Waals surface area (Å²) >= 11 is 0. The number of nitrogens with zero attached hydrogens (tertiary/aromatic N) is 2. The minimum atomic E-state index is -0.674. The molecule has 0 saturated heterocycles. The van der Waals surface area contributed by atoms with E-state index in [9.17, 15) is 9.59 Å². The van der Waals surface area contributed by atoms with Crippen molar-refractivity contribution in [3.8, 4) is 11.5 Å². The second-order valence-electron chi connectivity index (χ2n) is 7.81. The van der Waals surface area contributed by atoms with E-state index >= 15 is 0 Å². The van der Waals surface area contributed by atoms with Crippen molar-refractivity contribution in [3.05, 3.63) is 41.5 Å². The maximum absolute atomic E-state index is 12.8. The fourth-order valence-electron chi connectivity index (χ4n) is 3.54. The van der Waals surface area contributed by atoms with Crippen LogP contribution in [-0.2, 0) is 24.3 Å². The number of aryl methyl sites for hydroxylation is 2. The lowest BCUT2D eigenvalue weighted by Crippen LogP contribution is -2.49. The van der Waals surface area contributed by atoms with Gasteiger partial charge in [-0.2, -0.15) is 0 Å². The molecule has 0 spiro atoms. The number of carbonyl (C=O) groups is 2. The number of rotatable bonds is 8. The molecule has 2 N–H and O–H groups in total. The van der Waals surface area contributed by atoms with Gasteiger partial charge in [0.1, 0.15) is 23.4 Å². The highest BCUT2D eigenvalue weighted by Crippen LogP contribution is 2.22. The summed E-state index contributed by atoms with van der Waals surface area (Å²) in [6.07, 6.45) is 5.29. The highest BCUT2D eigenvalue weighted by Gasteiger charge is 2.25. The first-order valence-corrected chi connectivity index (χ1v) is 10.3. The lowest BCUT2D eigenvalue weighted by atomic mass is 10.0. The lowest BCUT2D eigenvalue weighted by Gasteiger charge is -2.22. The van der Waals surface area contributed by atoms with E-state index in [2.05, 4.69) is 20.2 Å². The SMILES string of the molecule is COc1cc(OC)cc(C(=O)N[C@H](C(=O)NCc2cn3c(n2)CCCC3)C(C)C)c1. The van der Waals surface area contributed by atoms with Gasteiger partial charge in [-0.15, -0.1) is 0 Å². The Morgan fingerprint density at radius 2 is 1.83 bits per heavy atom. The number of methoxy groups -OCH3 is 2. The summed E-state index contributed by atoms with van der Waals surface area (Å²) in [4.78, 5) is 30.2. The number of aromatic nitrogens is 2. The Morgan fingerprint density at radius 1 is 1.13 bits per heavy atom. The molecule has 2 aromatic rings. The zero-order valence-corrected chi connectivity index (χ0v) is 18.0. The number of benzene rings is 1. The van der Waals surface area contributed by atoms with Crippen LogP contribution >= 0.6 is 0 Å². The van der Waals surface area contributed by atoms with Crippen LogP contribution in [0.25, 0.3) is 0 Å². The zero-order chi connectivity index (χ0) is 21.7. The molecule has 8 heteroatoms. The van der Waals surface area contributed by atoms with E-state index in [1.807, 2.05) is 20.0 Å². The van der Waals surface area contributed by atoms with Crippen molar-refractivity contribution >= 4 is 11.8 Å². The third-order valence-corrected chi connectivity index (χ3v) is 5.25. The predicted molar refractivity (Wildman–Crippen MR) is 113 cm³/mol. The molecule has 0 saturated carbocycles. The van der Waals surface area contributed by atoms with E-state index in [4.69, 9.17) is 9.47 Å². The van der Waals surface area contributed by atoms with E-state index in [1.165, 1.54) is 14.2 Å². The van der Waals surface area contributed by atoms with Gasteiger partial charge in [-0.25, -0.2) is 4.98 Å². The molecule has 2 heterocycles. The Morgan fingerprint density at radius 3 is 2.43 bits per heavy atom. The third kappa shape index (κ3) is 5.11. The highest BCUT2D eigenvalue weighted by atomic mass is 16.5. The number of imidazole rings is 1. The molecule has 1 aliphatic rings. The summed E-state index contributed by atoms with van der Waals surface area (Å²) in [5.41, 5.74) is 1.21. The quantitative estimate of drug-likeness (QED) is 0.691. The predicted octanol–water partition coefficient (Wildman–Crippen LogP) is 2.31. The summed E-state index contributed by atoms with van der Waals surface area (Å²) in [6.45, 7) is 5.11. The highest BCUT2D eigenvalue weighted by molar-refractivity contribution is 5.98. The molecule has 0 fully saturated rings. The van der Waals surface area contributed by atoms with Crippen LogP contribution in [0.4, 0.5) is 0 Å². The van der Waals surface area contributed by atoms with E-state index in [0.29, 0.717) is 23.6 Å². The van der Waals surface area contributed by atoms with Gasteiger partial charge in [-0.3, -0.25) is 9.59 Å². The summed E-state index contributed by atoms with van der Waals surface area (Å²) < 4.78 is 12.6. The molecule has 2 amide bonds. The Kier molecular flexibility index (Phi) is 6.97. The first-order chi connectivity index (χ1) is 14.4. The summed E-state index contributed by atoms with van der Waals surface area (Å²) in [5, 5.41) is 5.75. The van der Waals surface area contributed by atoms with Crippen molar-refractivity contribution in [2.24, 2.45) is 5.92 Å². The largest absolute Gasteiger partial charge is 0.497 e. The number of hydrogen-bond donors (Lipinski definition) is 2. The van der Waals surface area contributed by atoms with Crippen LogP contribution in [-0.4, -0.2) is 41.6 Å². The van der Waals surface area contributed by atoms with Crippen LogP contribution in [0.5, 0.6) is 11.5 Å². The minimum absolute atomic E-state index is 0.0864. The molecule has 8 nitrogen and oxygen atoms in total. The van der Waals surface area contributed by atoms with Gasteiger partial charge in [0.2, 0.25) is 5.91 Å². The van der Waals surface area contributed by atoms with Crippen molar-refractivity contribution in [3.63, 3.8) is 0 Å². The number of carbonyl (C=O) groups excluding carboxylic acids is 2. The maximum atomic E-state index is 12.8. The van der Waals surface area contributed by atoms with E-state index < -0.39 is 6.04 Å². The van der Waals surface area contributed by atoms with Gasteiger partial charge in [0, 0.05) is 30.8 Å². The topological polar surface area (TPSA) is 94.5 Å². The number of hydrogen-bond acceptors (Lipinski definition) is 5. The van der Waals surface area contributed by atoms with Gasteiger partial charge in [0.15, 0.2) is 0 Å². The van der Waals surface area contributed by atoms with Crippen molar-refractivity contribution in [1.29, 1.82) is 0 Å². The normalized spacial score (nSPS) is 14.0. The minimum Gasteiger partial charge on any atom is -0.497 e. The van der Waals surface area contributed by atoms with Crippen molar-refractivity contribution in [2.45, 2.75) is 52.2 Å². The molecule has 0 unspecified atom stereocenters. The summed E-state index contributed by atoms with van der Waals surface area (Å²) in [6, 6.07) is 4.24. The van der Waals surface area contributed by atoms with Crippen LogP contribution in [0.1, 0.15) is 48.6 Å². The second-order valence-corrected chi connectivity index (χ2v) is 7.81. The number of nitrogens with one attached hydrogen (secondary N) is 2. The van der Waals surface area contributed by atoms with E-state index in [-0.39, 0.29) is 17.7 Å². The third-order valence-electron chi connectivity index (χ3n) is 5.25. The average Bonchev–Trinajstić information content (AvgIpc) is 3.18. The fraction of sp³-hybridized carbons (Fsp3) is 0.500. The summed E-state index contributed by atoms with van der Waals surface area (Å²) in [7, 11) is 3.04. The Bertz CT molecular complexity index is 861. The standard InChI is InChI=1S/C22H30N4O4/c1-14(2)20(25-21(27)15-9-17(29-3)11-18(10-15)30-4)22(28)23-12-16-13-26-8-6-5-7-19(26)24-16/h9-11,13-14,20H,5-8,12H2,1-4H3,(H,23,28)(H,25,27)/t20-/m0/s1. The molecule has 162 valence electrons. The zero-order valence-electron chi connectivity index (χ0n) is 18.0. The van der Waals surface area contributed by atoms with Crippen molar-refractivity contribution < 1.29 is 19.1 Å². The smallest absolute Gasteiger partial charge is 0.252 e. The van der Waals surface area contributed by atoms with Crippen molar-refractivity contribution in [2.75, 3.05) is 14.2 Å². The molecular weight excluding hydrogens is 384 g/mol. The van der Waals surface area contributed by atoms with Gasteiger partial charge >= 0.3 is 0 Å². The fourth-order valence-corrected chi connectivity index (χ4v) is 3.54. The van der Waals surface area contributed by atoms with Crippen LogP contribution in [0, 0.1) is 5.92 Å². The Hall–Kier alpha value is -3.03. The van der Waals surface area contributed by atoms with Gasteiger partial charge in [0.05, 0.1) is 26.5 Å². The van der Waals surface area contributed by atoms with Crippen molar-refractivity contribution in [1.82, 2.24) is 20.2 Å². The molecule has 1 atom stereocenters. The monoisotopic (exact) mass is 414 g/mol. The maximum Gasteiger partial charge on any atom is 0.252 e. The average molecular weight is 415 g/mol. The molecule has 1 aromatic carbocycles. The molecule has 1 aromatic heterocycles. The Labute approximate surface area is 177 Å². The number of ether oxygens (including phenoxy) is 2. The molecule has 1 aliphatic heterocycles. The molecule has 0 aliphatic carbocycles. The van der Waals surface area contributed by atoms with Crippen LogP contribution < -0.4 is 20.1 Å². The Balaban J connectivity index is 1.65. The number of amides is 2. The van der Waals surface area contributed by atoms with Gasteiger partial charge in [-0.1, -0.05) is 13.8 Å². The molecule has 0 bridgehead atoms. The van der Waals surface area contributed by atoms with Gasteiger partial charge < -0.3 is 24.7 Å². The van der Waals surface area contributed by atoms with Crippen LogP contribution in [0.2, 0.25) is 0 Å². The molecule has 0 radical (unpaired) electrons. The van der Waals surface area contributed by atoms with Gasteiger partial charge in [0.25, 0.3) is 5.91 Å². The first-order valence-electron chi connectivity index (χ1n) is 10.3. The second kappa shape index (κ2) is 9.65. The molecule has 3 rings (SSSR count). The first kappa shape index (κ1) is 21.7.